The number of aromatic nitrogens is 1. The van der Waals surface area contributed by atoms with E-state index in [1.54, 1.807) is 0 Å². The fraction of sp³-hybridized carbons (Fsp3) is 0.0500. The fourth-order valence-electron chi connectivity index (χ4n) is 3.21. The van der Waals surface area contributed by atoms with Gasteiger partial charge in [-0.15, -0.1) is 0 Å². The number of amides is 2. The molecule has 3 aromatic rings. The molecule has 2 aromatic carbocycles. The summed E-state index contributed by atoms with van der Waals surface area (Å²) in [6, 6.07) is 4.79. The number of halogens is 6. The Hall–Kier alpha value is -3.74. The Morgan fingerprint density at radius 3 is 2.21 bits per heavy atom. The van der Waals surface area contributed by atoms with E-state index in [9.17, 15) is 36.3 Å². The molecule has 0 aliphatic carbocycles. The molecule has 2 heterocycles. The van der Waals surface area contributed by atoms with E-state index >= 15 is 0 Å². The van der Waals surface area contributed by atoms with Crippen LogP contribution >= 0.6 is 15.9 Å². The first kappa shape index (κ1) is 22.5. The average molecular weight is 530 g/mol. The van der Waals surface area contributed by atoms with Gasteiger partial charge in [0.25, 0.3) is 17.4 Å². The number of anilines is 1. The number of nitrogens with one attached hydrogen (secondary N) is 1. The topological polar surface area (TPSA) is 103 Å². The summed E-state index contributed by atoms with van der Waals surface area (Å²) in [4.78, 5) is 36.6. The maximum absolute atomic E-state index is 14.3. The largest absolute Gasteiger partial charge is 0.449 e. The summed E-state index contributed by atoms with van der Waals surface area (Å²) in [7, 11) is 0. The van der Waals surface area contributed by atoms with Crippen LogP contribution in [0, 0.1) is 11.6 Å². The monoisotopic (exact) mass is 529 g/mol. The molecular weight excluding hydrogens is 521 g/mol. The third-order valence-electron chi connectivity index (χ3n) is 4.65. The number of nitrogens with zero attached hydrogens (tertiary/aromatic N) is 1. The van der Waals surface area contributed by atoms with Crippen LogP contribution in [0.1, 0.15) is 26.3 Å². The van der Waals surface area contributed by atoms with Crippen LogP contribution in [-0.4, -0.2) is 16.4 Å². The lowest BCUT2D eigenvalue weighted by Gasteiger charge is -2.17. The summed E-state index contributed by atoms with van der Waals surface area (Å²) in [5.74, 6) is -6.99. The second-order valence-electron chi connectivity index (χ2n) is 6.76. The number of hydrogen-bond acceptors (Lipinski definition) is 5. The van der Waals surface area contributed by atoms with Crippen LogP contribution in [0.3, 0.4) is 0 Å². The third-order valence-corrected chi connectivity index (χ3v) is 5.15. The number of hydrogen-bond donors (Lipinski definition) is 2. The molecule has 1 aliphatic rings. The quantitative estimate of drug-likeness (QED) is 0.391. The maximum atomic E-state index is 14.3. The van der Waals surface area contributed by atoms with Crippen LogP contribution in [0.4, 0.5) is 27.8 Å². The van der Waals surface area contributed by atoms with Crippen LogP contribution in [0.5, 0.6) is 11.5 Å². The van der Waals surface area contributed by atoms with E-state index in [-0.39, 0.29) is 34.7 Å². The second kappa shape index (κ2) is 7.69. The summed E-state index contributed by atoms with van der Waals surface area (Å²) >= 11 is 3.12. The number of pyridine rings is 1. The lowest BCUT2D eigenvalue weighted by Crippen LogP contribution is -2.24. The number of ether oxygens (including phenoxy) is 1. The van der Waals surface area contributed by atoms with Crippen LogP contribution in [0.2, 0.25) is 0 Å². The molecule has 0 saturated heterocycles. The zero-order valence-electron chi connectivity index (χ0n) is 15.9. The highest BCUT2D eigenvalue weighted by molar-refractivity contribution is 9.10. The second-order valence-corrected chi connectivity index (χ2v) is 7.67. The van der Waals surface area contributed by atoms with Crippen molar-refractivity contribution in [3.63, 3.8) is 0 Å². The molecule has 0 unspecified atom stereocenters. The molecule has 1 aliphatic heterocycles. The zero-order chi connectivity index (χ0) is 24.2. The van der Waals surface area contributed by atoms with Gasteiger partial charge in [-0.2, -0.15) is 13.2 Å². The third kappa shape index (κ3) is 3.84. The van der Waals surface area contributed by atoms with Gasteiger partial charge in [0.05, 0.1) is 22.4 Å². The molecule has 0 bridgehead atoms. The number of nitrogens with two attached hydrogens (primary N) is 1. The molecule has 4 rings (SSSR count). The maximum Gasteiger partial charge on any atom is 0.416 e. The van der Waals surface area contributed by atoms with Gasteiger partial charge in [-0.05, 0) is 30.3 Å². The minimum Gasteiger partial charge on any atom is -0.449 e. The molecular formula is C20H9BrF5N3O4. The number of fused-ring (bicyclic) bond motifs is 1. The van der Waals surface area contributed by atoms with Crippen LogP contribution in [-0.2, 0) is 6.18 Å². The van der Waals surface area contributed by atoms with Crippen LogP contribution in [0.25, 0.3) is 5.69 Å². The van der Waals surface area contributed by atoms with E-state index in [4.69, 9.17) is 10.5 Å². The van der Waals surface area contributed by atoms with Gasteiger partial charge in [-0.3, -0.25) is 24.3 Å². The first-order valence-electron chi connectivity index (χ1n) is 8.83. The number of benzene rings is 2. The summed E-state index contributed by atoms with van der Waals surface area (Å²) in [5.41, 5.74) is 2.78. The highest BCUT2D eigenvalue weighted by Gasteiger charge is 2.34. The van der Waals surface area contributed by atoms with Gasteiger partial charge in [-0.25, -0.2) is 8.78 Å². The van der Waals surface area contributed by atoms with Gasteiger partial charge < -0.3 is 10.5 Å². The number of rotatable bonds is 3. The molecule has 170 valence electrons. The van der Waals surface area contributed by atoms with Gasteiger partial charge >= 0.3 is 6.18 Å². The molecule has 33 heavy (non-hydrogen) atoms. The molecule has 13 heteroatoms. The van der Waals surface area contributed by atoms with E-state index in [0.717, 1.165) is 10.6 Å². The number of carbonyl (C=O) groups is 2. The number of carbonyl (C=O) groups excluding carboxylic acids is 2. The van der Waals surface area contributed by atoms with E-state index < -0.39 is 52.3 Å². The summed E-state index contributed by atoms with van der Waals surface area (Å²) in [6.45, 7) is 0. The standard InChI is InChI=1S/C20H9BrF5N3O4/c21-8-1-2-12(29-14(30)6-9-15(17(29)27)19(32)28-18(9)31)13(5-8)33-16-10(22)3-7(4-11(16)23)20(24,25)26/h1-6H,27H2,(H,28,31,32). The van der Waals surface area contributed by atoms with Crippen molar-refractivity contribution in [2.45, 2.75) is 6.18 Å². The molecule has 0 saturated carbocycles. The molecule has 7 nitrogen and oxygen atoms in total. The first-order valence-corrected chi connectivity index (χ1v) is 9.63. The van der Waals surface area contributed by atoms with Gasteiger partial charge in [0.1, 0.15) is 5.82 Å². The summed E-state index contributed by atoms with van der Waals surface area (Å²) in [5, 5.41) is 1.98. The van der Waals surface area contributed by atoms with Gasteiger partial charge in [0.2, 0.25) is 0 Å². The predicted octanol–water partition coefficient (Wildman–Crippen LogP) is 4.16. The van der Waals surface area contributed by atoms with Crippen molar-refractivity contribution in [3.05, 3.63) is 79.5 Å². The lowest BCUT2D eigenvalue weighted by molar-refractivity contribution is -0.138. The smallest absolute Gasteiger partial charge is 0.416 e. The normalized spacial score (nSPS) is 13.2. The molecule has 0 radical (unpaired) electrons. The van der Waals surface area contributed by atoms with Crippen molar-refractivity contribution in [2.75, 3.05) is 5.73 Å². The Labute approximate surface area is 188 Å². The number of imide groups is 1. The highest BCUT2D eigenvalue weighted by Crippen LogP contribution is 2.38. The fourth-order valence-corrected chi connectivity index (χ4v) is 3.55. The first-order chi connectivity index (χ1) is 15.4. The number of nitrogen functional groups attached to an aromatic ring is 1. The van der Waals surface area contributed by atoms with Crippen molar-refractivity contribution in [2.24, 2.45) is 0 Å². The Morgan fingerprint density at radius 1 is 0.970 bits per heavy atom. The summed E-state index contributed by atoms with van der Waals surface area (Å²) in [6.07, 6.45) is -4.99. The molecule has 0 fully saturated rings. The average Bonchev–Trinajstić information content (AvgIpc) is 2.98. The van der Waals surface area contributed by atoms with Crippen molar-refractivity contribution in [3.8, 4) is 17.2 Å². The Morgan fingerprint density at radius 2 is 1.61 bits per heavy atom. The van der Waals surface area contributed by atoms with Gasteiger partial charge in [0, 0.05) is 10.5 Å². The van der Waals surface area contributed by atoms with Crippen molar-refractivity contribution in [1.29, 1.82) is 0 Å². The lowest BCUT2D eigenvalue weighted by atomic mass is 10.1. The zero-order valence-corrected chi connectivity index (χ0v) is 17.5. The Balaban J connectivity index is 1.89. The van der Waals surface area contributed by atoms with Crippen LogP contribution in [0.15, 0.2) is 45.7 Å². The van der Waals surface area contributed by atoms with E-state index in [2.05, 4.69) is 15.9 Å². The van der Waals surface area contributed by atoms with Gasteiger partial charge in [-0.1, -0.05) is 15.9 Å². The number of alkyl halides is 3. The highest BCUT2D eigenvalue weighted by atomic mass is 79.9. The predicted molar refractivity (Wildman–Crippen MR) is 107 cm³/mol. The molecule has 3 N–H and O–H groups in total. The summed E-state index contributed by atoms with van der Waals surface area (Å²) < 4.78 is 73.4. The minimum atomic E-state index is -4.99. The minimum absolute atomic E-state index is 0.0575. The Kier molecular flexibility index (Phi) is 5.23. The van der Waals surface area contributed by atoms with Crippen LogP contribution < -0.4 is 21.3 Å². The van der Waals surface area contributed by atoms with E-state index in [1.807, 2.05) is 5.32 Å². The Bertz CT molecular complexity index is 1400. The van der Waals surface area contributed by atoms with Crippen molar-refractivity contribution >= 4 is 33.6 Å². The molecule has 1 aromatic heterocycles. The van der Waals surface area contributed by atoms with Crippen molar-refractivity contribution in [1.82, 2.24) is 9.88 Å². The molecule has 0 spiro atoms. The van der Waals surface area contributed by atoms with Gasteiger partial charge in [0.15, 0.2) is 23.1 Å². The van der Waals surface area contributed by atoms with E-state index in [0.29, 0.717) is 4.47 Å². The van der Waals surface area contributed by atoms with Crippen molar-refractivity contribution < 1.29 is 36.3 Å². The SMILES string of the molecule is Nc1c2c(cc(=O)n1-c1ccc(Br)cc1Oc1c(F)cc(C(F)(F)F)cc1F)C(=O)NC2=O. The molecule has 2 amide bonds. The molecule has 0 atom stereocenters. The van der Waals surface area contributed by atoms with E-state index in [1.165, 1.54) is 18.2 Å².